The molecule has 1 unspecified atom stereocenters. The minimum absolute atomic E-state index is 0.0124. The zero-order chi connectivity index (χ0) is 34.9. The second-order valence-electron chi connectivity index (χ2n) is 12.5. The number of fused-ring (bicyclic) bond motifs is 2. The van der Waals surface area contributed by atoms with Crippen molar-refractivity contribution in [2.24, 2.45) is 0 Å². The van der Waals surface area contributed by atoms with Gasteiger partial charge in [0.05, 0.1) is 22.3 Å². The van der Waals surface area contributed by atoms with Gasteiger partial charge in [-0.25, -0.2) is 4.79 Å². The predicted octanol–water partition coefficient (Wildman–Crippen LogP) is 2.57. The van der Waals surface area contributed by atoms with Gasteiger partial charge in [0.2, 0.25) is 23.4 Å². The van der Waals surface area contributed by atoms with Crippen LogP contribution < -0.4 is 26.6 Å². The lowest BCUT2D eigenvalue weighted by Crippen LogP contribution is -2.49. The van der Waals surface area contributed by atoms with Crippen LogP contribution in [0, 0.1) is 0 Å². The number of alkyl carbamates (subject to hydrolysis) is 1. The first kappa shape index (κ1) is 36.6. The molecular weight excluding hydrogens is 608 g/mol. The number of hydrogen-bond donors (Lipinski definition) is 7. The van der Waals surface area contributed by atoms with E-state index < -0.39 is 35.2 Å². The van der Waals surface area contributed by atoms with Gasteiger partial charge >= 0.3 is 6.09 Å². The molecule has 7 N–H and O–H groups in total. The summed E-state index contributed by atoms with van der Waals surface area (Å²) in [5, 5.41) is 35.6. The summed E-state index contributed by atoms with van der Waals surface area (Å²) >= 11 is 0. The lowest BCUT2D eigenvalue weighted by Gasteiger charge is -2.25. The van der Waals surface area contributed by atoms with E-state index >= 15 is 0 Å². The monoisotopic (exact) mass is 654 g/mol. The molecule has 0 heterocycles. The molecule has 0 fully saturated rings. The molecule has 0 radical (unpaired) electrons. The van der Waals surface area contributed by atoms with Crippen molar-refractivity contribution >= 4 is 40.8 Å². The summed E-state index contributed by atoms with van der Waals surface area (Å²) in [6.45, 7) is 8.32. The second kappa shape index (κ2) is 16.1. The van der Waals surface area contributed by atoms with Crippen LogP contribution in [0.15, 0.2) is 24.3 Å². The largest absolute Gasteiger partial charge is 0.507 e. The van der Waals surface area contributed by atoms with Crippen LogP contribution >= 0.6 is 0 Å². The maximum atomic E-state index is 13.8. The molecule has 2 aromatic carbocycles. The van der Waals surface area contributed by atoms with Crippen LogP contribution in [0.25, 0.3) is 0 Å². The average molecular weight is 655 g/mol. The van der Waals surface area contributed by atoms with E-state index in [1.807, 2.05) is 19.0 Å². The lowest BCUT2D eigenvalue weighted by molar-refractivity contribution is -0.123. The van der Waals surface area contributed by atoms with Gasteiger partial charge in [-0.15, -0.1) is 0 Å². The summed E-state index contributed by atoms with van der Waals surface area (Å²) in [6.07, 6.45) is 0.709. The van der Waals surface area contributed by atoms with Crippen molar-refractivity contribution in [1.29, 1.82) is 0 Å². The van der Waals surface area contributed by atoms with E-state index in [0.29, 0.717) is 44.6 Å². The van der Waals surface area contributed by atoms with Crippen LogP contribution in [0.4, 0.5) is 16.2 Å². The first-order valence-electron chi connectivity index (χ1n) is 15.6. The Morgan fingerprint density at radius 1 is 0.787 bits per heavy atom. The number of carbonyl (C=O) groups excluding carboxylic acids is 5. The minimum atomic E-state index is -0.900. The quantitative estimate of drug-likeness (QED) is 0.0939. The Hall–Kier alpha value is -4.85. The number of unbranched alkanes of at least 4 members (excludes halogenated alkanes) is 1. The number of aromatic hydroxyl groups is 2. The SMILES string of the molecule is CC(=O)NCCCCC(NC(=O)OC(C)(C)C)C(=O)NCCNc1ccc(O)c2c1C(=O)c1c(O)ccc(NCCN(C)C)c1C2=O. The Morgan fingerprint density at radius 3 is 1.85 bits per heavy atom. The molecule has 0 bridgehead atoms. The standard InChI is InChI=1S/C33H46N6O8/c1-19(40)34-14-8-7-9-22(38-32(46)47-33(2,3)4)31(45)37-16-15-35-20-10-12-23(41)27-25(20)29(43)28-24(42)13-11-21(26(28)30(27)44)36-17-18-39(5)6/h10-13,22,35-36,41-42H,7-9,14-18H2,1-6H3,(H,34,40)(H,37,45)(H,38,46). The summed E-state index contributed by atoms with van der Waals surface area (Å²) in [7, 11) is 3.79. The number of carbonyl (C=O) groups is 5. The number of nitrogens with one attached hydrogen (secondary N) is 5. The zero-order valence-electron chi connectivity index (χ0n) is 27.8. The van der Waals surface area contributed by atoms with Crippen LogP contribution in [0.1, 0.15) is 78.8 Å². The Balaban J connectivity index is 1.72. The molecule has 2 aromatic rings. The Bertz CT molecular complexity index is 1500. The molecule has 256 valence electrons. The van der Waals surface area contributed by atoms with Crippen molar-refractivity contribution in [2.45, 2.75) is 58.6 Å². The molecule has 3 amide bonds. The maximum absolute atomic E-state index is 13.8. The normalized spacial score (nSPS) is 12.9. The van der Waals surface area contributed by atoms with E-state index in [9.17, 15) is 34.2 Å². The average Bonchev–Trinajstić information content (AvgIpc) is 2.97. The molecule has 14 nitrogen and oxygen atoms in total. The summed E-state index contributed by atoms with van der Waals surface area (Å²) in [5.41, 5.74) is -0.590. The Morgan fingerprint density at radius 2 is 1.34 bits per heavy atom. The molecule has 1 aliphatic rings. The summed E-state index contributed by atoms with van der Waals surface area (Å²) in [6, 6.07) is 4.72. The maximum Gasteiger partial charge on any atom is 0.408 e. The molecule has 1 atom stereocenters. The third-order valence-electron chi connectivity index (χ3n) is 7.19. The highest BCUT2D eigenvalue weighted by molar-refractivity contribution is 6.33. The van der Waals surface area contributed by atoms with Gasteiger partial charge in [-0.05, 0) is 78.4 Å². The van der Waals surface area contributed by atoms with Gasteiger partial charge < -0.3 is 46.4 Å². The van der Waals surface area contributed by atoms with Gasteiger partial charge in [-0.2, -0.15) is 0 Å². The van der Waals surface area contributed by atoms with Crippen LogP contribution in [-0.2, 0) is 14.3 Å². The fourth-order valence-electron chi connectivity index (χ4n) is 5.04. The molecule has 0 saturated carbocycles. The molecule has 3 rings (SSSR count). The predicted molar refractivity (Wildman–Crippen MR) is 177 cm³/mol. The van der Waals surface area contributed by atoms with Gasteiger partial charge in [0.15, 0.2) is 0 Å². The van der Waals surface area contributed by atoms with Gasteiger partial charge in [-0.3, -0.25) is 19.2 Å². The number of rotatable bonds is 15. The number of benzene rings is 2. The molecule has 0 spiro atoms. The number of amides is 3. The van der Waals surface area contributed by atoms with Crippen LogP contribution in [-0.4, -0.2) is 103 Å². The van der Waals surface area contributed by atoms with E-state index in [-0.39, 0.29) is 58.4 Å². The van der Waals surface area contributed by atoms with Crippen molar-refractivity contribution in [3.05, 3.63) is 46.5 Å². The molecule has 1 aliphatic carbocycles. The minimum Gasteiger partial charge on any atom is -0.507 e. The third kappa shape index (κ3) is 10.1. The number of phenols is 2. The van der Waals surface area contributed by atoms with E-state index in [1.54, 1.807) is 20.8 Å². The molecule has 14 heteroatoms. The van der Waals surface area contributed by atoms with E-state index in [4.69, 9.17) is 4.74 Å². The molecule has 0 aromatic heterocycles. The highest BCUT2D eigenvalue weighted by Crippen LogP contribution is 2.42. The Labute approximate surface area is 274 Å². The van der Waals surface area contributed by atoms with Crippen LogP contribution in [0.2, 0.25) is 0 Å². The number of nitrogens with zero attached hydrogens (tertiary/aromatic N) is 1. The fraction of sp³-hybridized carbons (Fsp3) is 0.485. The van der Waals surface area contributed by atoms with E-state index in [2.05, 4.69) is 26.6 Å². The highest BCUT2D eigenvalue weighted by atomic mass is 16.6. The van der Waals surface area contributed by atoms with E-state index in [1.165, 1.54) is 31.2 Å². The highest BCUT2D eigenvalue weighted by Gasteiger charge is 2.38. The topological polar surface area (TPSA) is 198 Å². The van der Waals surface area contributed by atoms with Crippen molar-refractivity contribution in [3.8, 4) is 11.5 Å². The number of ether oxygens (including phenoxy) is 1. The number of ketones is 2. The first-order chi connectivity index (χ1) is 22.1. The van der Waals surface area contributed by atoms with Crippen molar-refractivity contribution in [1.82, 2.24) is 20.9 Å². The Kier molecular flexibility index (Phi) is 12.6. The van der Waals surface area contributed by atoms with Crippen LogP contribution in [0.3, 0.4) is 0 Å². The summed E-state index contributed by atoms with van der Waals surface area (Å²) in [5.74, 6) is -2.58. The van der Waals surface area contributed by atoms with Crippen molar-refractivity contribution < 1.29 is 38.9 Å². The van der Waals surface area contributed by atoms with Gasteiger partial charge in [0, 0.05) is 51.0 Å². The smallest absolute Gasteiger partial charge is 0.408 e. The lowest BCUT2D eigenvalue weighted by atomic mass is 9.81. The zero-order valence-corrected chi connectivity index (χ0v) is 27.8. The molecule has 0 saturated heterocycles. The molecular formula is C33H46N6O8. The molecule has 0 aliphatic heterocycles. The molecule has 47 heavy (non-hydrogen) atoms. The first-order valence-corrected chi connectivity index (χ1v) is 15.6. The third-order valence-corrected chi connectivity index (χ3v) is 7.19. The van der Waals surface area contributed by atoms with Crippen molar-refractivity contribution in [3.63, 3.8) is 0 Å². The fourth-order valence-corrected chi connectivity index (χ4v) is 5.04. The number of phenolic OH excluding ortho intramolecular Hbond substituents is 2. The second-order valence-corrected chi connectivity index (χ2v) is 12.5. The van der Waals surface area contributed by atoms with Gasteiger partial charge in [0.25, 0.3) is 0 Å². The van der Waals surface area contributed by atoms with Gasteiger partial charge in [0.1, 0.15) is 23.1 Å². The van der Waals surface area contributed by atoms with Crippen molar-refractivity contribution in [2.75, 3.05) is 57.5 Å². The van der Waals surface area contributed by atoms with Crippen LogP contribution in [0.5, 0.6) is 11.5 Å². The van der Waals surface area contributed by atoms with E-state index in [0.717, 1.165) is 0 Å². The number of hydrogen-bond acceptors (Lipinski definition) is 11. The summed E-state index contributed by atoms with van der Waals surface area (Å²) in [4.78, 5) is 66.0. The number of likely N-dealkylation sites (N-methyl/N-ethyl adjacent to an activating group) is 1. The van der Waals surface area contributed by atoms with Gasteiger partial charge in [-0.1, -0.05) is 0 Å². The number of anilines is 2. The summed E-state index contributed by atoms with van der Waals surface area (Å²) < 4.78 is 5.31.